The van der Waals surface area contributed by atoms with Crippen molar-refractivity contribution in [3.63, 3.8) is 0 Å². The lowest BCUT2D eigenvalue weighted by Gasteiger charge is -2.25. The van der Waals surface area contributed by atoms with Gasteiger partial charge in [0.2, 0.25) is 10.0 Å². The Morgan fingerprint density at radius 2 is 1.92 bits per heavy atom. The number of nitrogens with one attached hydrogen (secondary N) is 1. The van der Waals surface area contributed by atoms with Crippen LogP contribution in [-0.4, -0.2) is 37.3 Å². The van der Waals surface area contributed by atoms with Crippen LogP contribution in [0.3, 0.4) is 0 Å². The number of rotatable bonds is 6. The van der Waals surface area contributed by atoms with Crippen LogP contribution in [0.4, 0.5) is 10.2 Å². The highest BCUT2D eigenvalue weighted by Gasteiger charge is 2.26. The first-order valence-electron chi connectivity index (χ1n) is 8.61. The van der Waals surface area contributed by atoms with Crippen molar-refractivity contribution >= 4 is 31.8 Å². The van der Waals surface area contributed by atoms with E-state index in [1.165, 1.54) is 16.6 Å². The van der Waals surface area contributed by atoms with Crippen LogP contribution in [0.2, 0.25) is 0 Å². The SMILES string of the molecule is O=S(=O)(c1ccc(NCCc2ccc(F)c(Br)c2)nc1)N1CCCCC1. The molecule has 1 aromatic carbocycles. The van der Waals surface area contributed by atoms with Crippen molar-refractivity contribution in [2.75, 3.05) is 25.0 Å². The molecular formula is C18H21BrFN3O2S. The van der Waals surface area contributed by atoms with Crippen LogP contribution < -0.4 is 5.32 Å². The Kier molecular flexibility index (Phi) is 6.26. The fourth-order valence-electron chi connectivity index (χ4n) is 2.92. The summed E-state index contributed by atoms with van der Waals surface area (Å²) >= 11 is 3.17. The van der Waals surface area contributed by atoms with E-state index in [0.29, 0.717) is 36.3 Å². The average molecular weight is 442 g/mol. The number of aromatic nitrogens is 1. The fraction of sp³-hybridized carbons (Fsp3) is 0.389. The number of hydrogen-bond donors (Lipinski definition) is 1. The molecule has 1 aliphatic heterocycles. The second-order valence-corrected chi connectivity index (χ2v) is 9.06. The quantitative estimate of drug-likeness (QED) is 0.739. The second-order valence-electron chi connectivity index (χ2n) is 6.27. The van der Waals surface area contributed by atoms with Crippen LogP contribution in [0.1, 0.15) is 24.8 Å². The van der Waals surface area contributed by atoms with Gasteiger partial charge in [-0.05, 0) is 65.0 Å². The molecule has 26 heavy (non-hydrogen) atoms. The molecule has 1 fully saturated rings. The number of piperidine rings is 1. The van der Waals surface area contributed by atoms with Crippen molar-refractivity contribution in [2.45, 2.75) is 30.6 Å². The van der Waals surface area contributed by atoms with E-state index in [4.69, 9.17) is 0 Å². The van der Waals surface area contributed by atoms with Gasteiger partial charge in [0.05, 0.1) is 4.47 Å². The second kappa shape index (κ2) is 8.45. The molecule has 0 saturated carbocycles. The Bertz CT molecular complexity index is 853. The standard InChI is InChI=1S/C18H21BrFN3O2S/c19-16-12-14(4-6-17(16)20)8-9-21-18-7-5-15(13-22-18)26(24,25)23-10-2-1-3-11-23/h4-7,12-13H,1-3,8-11H2,(H,21,22). The predicted molar refractivity (Wildman–Crippen MR) is 103 cm³/mol. The van der Waals surface area contributed by atoms with E-state index >= 15 is 0 Å². The third-order valence-electron chi connectivity index (χ3n) is 4.39. The molecule has 0 aliphatic carbocycles. The van der Waals surface area contributed by atoms with Gasteiger partial charge in [-0.3, -0.25) is 0 Å². The van der Waals surface area contributed by atoms with E-state index in [0.717, 1.165) is 24.8 Å². The molecule has 1 N–H and O–H groups in total. The molecule has 8 heteroatoms. The topological polar surface area (TPSA) is 62.3 Å². The van der Waals surface area contributed by atoms with E-state index < -0.39 is 10.0 Å². The molecule has 0 atom stereocenters. The Morgan fingerprint density at radius 1 is 1.15 bits per heavy atom. The van der Waals surface area contributed by atoms with Gasteiger partial charge in [-0.15, -0.1) is 0 Å². The van der Waals surface area contributed by atoms with Crippen LogP contribution >= 0.6 is 15.9 Å². The third kappa shape index (κ3) is 4.61. The van der Waals surface area contributed by atoms with E-state index in [9.17, 15) is 12.8 Å². The van der Waals surface area contributed by atoms with Crippen molar-refractivity contribution in [1.82, 2.24) is 9.29 Å². The number of sulfonamides is 1. The van der Waals surface area contributed by atoms with Gasteiger partial charge in [-0.1, -0.05) is 12.5 Å². The third-order valence-corrected chi connectivity index (χ3v) is 6.88. The van der Waals surface area contributed by atoms with Crippen LogP contribution in [0, 0.1) is 5.82 Å². The molecule has 0 unspecified atom stereocenters. The summed E-state index contributed by atoms with van der Waals surface area (Å²) in [5, 5.41) is 3.16. The Labute approximate surface area is 161 Å². The molecule has 1 aliphatic rings. The smallest absolute Gasteiger partial charge is 0.244 e. The molecule has 2 heterocycles. The zero-order valence-electron chi connectivity index (χ0n) is 14.3. The minimum absolute atomic E-state index is 0.229. The zero-order valence-corrected chi connectivity index (χ0v) is 16.7. The minimum Gasteiger partial charge on any atom is -0.370 e. The highest BCUT2D eigenvalue weighted by molar-refractivity contribution is 9.10. The lowest BCUT2D eigenvalue weighted by atomic mass is 10.1. The van der Waals surface area contributed by atoms with Crippen molar-refractivity contribution < 1.29 is 12.8 Å². The highest BCUT2D eigenvalue weighted by Crippen LogP contribution is 2.21. The Morgan fingerprint density at radius 3 is 2.58 bits per heavy atom. The van der Waals surface area contributed by atoms with Gasteiger partial charge in [0.15, 0.2) is 0 Å². The monoisotopic (exact) mass is 441 g/mol. The van der Waals surface area contributed by atoms with Gasteiger partial charge in [-0.2, -0.15) is 4.31 Å². The van der Waals surface area contributed by atoms with Crippen molar-refractivity contribution in [2.24, 2.45) is 0 Å². The van der Waals surface area contributed by atoms with Crippen molar-refractivity contribution in [3.8, 4) is 0 Å². The zero-order chi connectivity index (χ0) is 18.6. The predicted octanol–water partition coefficient (Wildman–Crippen LogP) is 3.81. The first-order chi connectivity index (χ1) is 12.5. The number of anilines is 1. The van der Waals surface area contributed by atoms with E-state index in [2.05, 4.69) is 26.2 Å². The molecule has 5 nitrogen and oxygen atoms in total. The minimum atomic E-state index is -3.45. The molecule has 0 spiro atoms. The maximum Gasteiger partial charge on any atom is 0.244 e. The highest BCUT2D eigenvalue weighted by atomic mass is 79.9. The van der Waals surface area contributed by atoms with E-state index in [1.807, 2.05) is 0 Å². The number of nitrogens with zero attached hydrogens (tertiary/aromatic N) is 2. The molecule has 140 valence electrons. The molecule has 0 bridgehead atoms. The number of hydrogen-bond acceptors (Lipinski definition) is 4. The summed E-state index contributed by atoms with van der Waals surface area (Å²) in [6.07, 6.45) is 5.00. The van der Waals surface area contributed by atoms with Crippen LogP contribution in [0.5, 0.6) is 0 Å². The van der Waals surface area contributed by atoms with Crippen LogP contribution in [0.15, 0.2) is 45.9 Å². The van der Waals surface area contributed by atoms with Gasteiger partial charge in [0, 0.05) is 25.8 Å². The van der Waals surface area contributed by atoms with Crippen LogP contribution in [0.25, 0.3) is 0 Å². The molecular weight excluding hydrogens is 421 g/mol. The maximum atomic E-state index is 13.2. The van der Waals surface area contributed by atoms with Gasteiger partial charge in [-0.25, -0.2) is 17.8 Å². The molecule has 1 aromatic heterocycles. The summed E-state index contributed by atoms with van der Waals surface area (Å²) in [5.74, 6) is 0.331. The van der Waals surface area contributed by atoms with Gasteiger partial charge < -0.3 is 5.32 Å². The summed E-state index contributed by atoms with van der Waals surface area (Å²) in [6, 6.07) is 8.19. The first-order valence-corrected chi connectivity index (χ1v) is 10.8. The average Bonchev–Trinajstić information content (AvgIpc) is 2.66. The van der Waals surface area contributed by atoms with E-state index in [1.54, 1.807) is 24.3 Å². The van der Waals surface area contributed by atoms with Gasteiger partial charge >= 0.3 is 0 Å². The lowest BCUT2D eigenvalue weighted by Crippen LogP contribution is -2.35. The van der Waals surface area contributed by atoms with Crippen molar-refractivity contribution in [1.29, 1.82) is 0 Å². The summed E-state index contributed by atoms with van der Waals surface area (Å²) in [7, 11) is -3.45. The largest absolute Gasteiger partial charge is 0.370 e. The lowest BCUT2D eigenvalue weighted by molar-refractivity contribution is 0.346. The van der Waals surface area contributed by atoms with Gasteiger partial charge in [0.1, 0.15) is 16.5 Å². The number of halogens is 2. The van der Waals surface area contributed by atoms with E-state index in [-0.39, 0.29) is 10.7 Å². The Hall–Kier alpha value is -1.51. The summed E-state index contributed by atoms with van der Waals surface area (Å²) in [5.41, 5.74) is 0.995. The molecule has 2 aromatic rings. The number of pyridine rings is 1. The summed E-state index contributed by atoms with van der Waals surface area (Å²) < 4.78 is 40.4. The molecule has 1 saturated heterocycles. The van der Waals surface area contributed by atoms with Crippen molar-refractivity contribution in [3.05, 3.63) is 52.4 Å². The molecule has 0 amide bonds. The maximum absolute atomic E-state index is 13.2. The number of benzene rings is 1. The molecule has 3 rings (SSSR count). The normalized spacial score (nSPS) is 15.8. The van der Waals surface area contributed by atoms with Crippen LogP contribution in [-0.2, 0) is 16.4 Å². The summed E-state index contributed by atoms with van der Waals surface area (Å²) in [4.78, 5) is 4.45. The Balaban J connectivity index is 1.58. The molecule has 0 radical (unpaired) electrons. The fourth-order valence-corrected chi connectivity index (χ4v) is 4.81. The summed E-state index contributed by atoms with van der Waals surface area (Å²) in [6.45, 7) is 1.77. The first kappa shape index (κ1) is 19.3. The van der Waals surface area contributed by atoms with Gasteiger partial charge in [0.25, 0.3) is 0 Å².